The number of nitrogens with zero attached hydrogens (tertiary/aromatic N) is 3. The molecule has 3 aromatic rings. The highest BCUT2D eigenvalue weighted by Gasteiger charge is 2.31. The molecule has 26 heavy (non-hydrogen) atoms. The molecule has 0 radical (unpaired) electrons. The van der Waals surface area contributed by atoms with Crippen molar-refractivity contribution in [2.75, 3.05) is 7.05 Å². The Morgan fingerprint density at radius 3 is 2.65 bits per heavy atom. The molecule has 2 heterocycles. The Morgan fingerprint density at radius 1 is 1.23 bits per heavy atom. The summed E-state index contributed by atoms with van der Waals surface area (Å²) in [7, 11) is 1.52. The number of rotatable bonds is 4. The zero-order valence-corrected chi connectivity index (χ0v) is 14.5. The lowest BCUT2D eigenvalue weighted by Gasteiger charge is -2.17. The number of hydrogen-bond donors (Lipinski definition) is 0. The highest BCUT2D eigenvalue weighted by Crippen LogP contribution is 2.28. The van der Waals surface area contributed by atoms with Gasteiger partial charge in [-0.2, -0.15) is 13.2 Å². The van der Waals surface area contributed by atoms with Crippen molar-refractivity contribution in [1.29, 1.82) is 0 Å². The number of carbonyl (C=O) groups excluding carboxylic acids is 1. The smallest absolute Gasteiger partial charge is 0.337 e. The number of benzene rings is 1. The van der Waals surface area contributed by atoms with Gasteiger partial charge < -0.3 is 9.47 Å². The molecule has 5 nitrogen and oxygen atoms in total. The van der Waals surface area contributed by atoms with Gasteiger partial charge in [0.1, 0.15) is 11.6 Å². The molecule has 1 aromatic carbocycles. The molecule has 136 valence electrons. The summed E-state index contributed by atoms with van der Waals surface area (Å²) in [6.45, 7) is -0.254. The van der Waals surface area contributed by atoms with Crippen molar-refractivity contribution in [1.82, 2.24) is 14.5 Å². The SMILES string of the molecule is CN(Cc1nc2ccccc2s1)C(=O)Cn1cc(C(F)(F)F)ccc1=O. The molecular weight excluding hydrogens is 367 g/mol. The highest BCUT2D eigenvalue weighted by molar-refractivity contribution is 7.18. The lowest BCUT2D eigenvalue weighted by Crippen LogP contribution is -2.33. The fraction of sp³-hybridized carbons (Fsp3) is 0.235. The predicted octanol–water partition coefficient (Wildman–Crippen LogP) is 3.14. The first kappa shape index (κ1) is 18.1. The summed E-state index contributed by atoms with van der Waals surface area (Å²) >= 11 is 1.44. The fourth-order valence-electron chi connectivity index (χ4n) is 2.37. The summed E-state index contributed by atoms with van der Waals surface area (Å²) in [5.74, 6) is -0.481. The number of thiazole rings is 1. The molecule has 0 atom stereocenters. The molecule has 0 aliphatic carbocycles. The van der Waals surface area contributed by atoms with Crippen LogP contribution in [0.4, 0.5) is 13.2 Å². The Balaban J connectivity index is 1.74. The monoisotopic (exact) mass is 381 g/mol. The van der Waals surface area contributed by atoms with Crippen molar-refractivity contribution in [2.24, 2.45) is 0 Å². The van der Waals surface area contributed by atoms with Crippen LogP contribution >= 0.6 is 11.3 Å². The van der Waals surface area contributed by atoms with Crippen LogP contribution in [0, 0.1) is 0 Å². The van der Waals surface area contributed by atoms with E-state index in [1.807, 2.05) is 24.3 Å². The highest BCUT2D eigenvalue weighted by atomic mass is 32.1. The minimum atomic E-state index is -4.58. The number of carbonyl (C=O) groups is 1. The number of amides is 1. The molecular formula is C17H14F3N3O2S. The minimum absolute atomic E-state index is 0.214. The van der Waals surface area contributed by atoms with Crippen molar-refractivity contribution in [3.05, 3.63) is 63.5 Å². The third-order valence-electron chi connectivity index (χ3n) is 3.75. The molecule has 2 aromatic heterocycles. The van der Waals surface area contributed by atoms with Gasteiger partial charge in [0.05, 0.1) is 22.3 Å². The van der Waals surface area contributed by atoms with Crippen LogP contribution in [-0.2, 0) is 24.1 Å². The summed E-state index contributed by atoms with van der Waals surface area (Å²) in [6, 6.07) is 9.04. The van der Waals surface area contributed by atoms with E-state index in [2.05, 4.69) is 4.98 Å². The summed E-state index contributed by atoms with van der Waals surface area (Å²) in [4.78, 5) is 29.8. The Kier molecular flexibility index (Phi) is 4.82. The van der Waals surface area contributed by atoms with Gasteiger partial charge in [-0.05, 0) is 18.2 Å². The molecule has 1 amide bonds. The summed E-state index contributed by atoms with van der Waals surface area (Å²) in [5, 5.41) is 0.707. The molecule has 0 N–H and O–H groups in total. The minimum Gasteiger partial charge on any atom is -0.337 e. The fourth-order valence-corrected chi connectivity index (χ4v) is 3.39. The first-order chi connectivity index (χ1) is 12.2. The topological polar surface area (TPSA) is 55.2 Å². The van der Waals surface area contributed by atoms with Gasteiger partial charge in [-0.3, -0.25) is 9.59 Å². The first-order valence-electron chi connectivity index (χ1n) is 7.60. The van der Waals surface area contributed by atoms with Crippen LogP contribution in [0.15, 0.2) is 47.4 Å². The maximum Gasteiger partial charge on any atom is 0.417 e. The second kappa shape index (κ2) is 6.91. The van der Waals surface area contributed by atoms with E-state index in [9.17, 15) is 22.8 Å². The number of aromatic nitrogens is 2. The number of fused-ring (bicyclic) bond motifs is 1. The van der Waals surface area contributed by atoms with Gasteiger partial charge in [0.15, 0.2) is 0 Å². The summed E-state index contributed by atoms with van der Waals surface area (Å²) < 4.78 is 40.0. The van der Waals surface area contributed by atoms with E-state index in [0.717, 1.165) is 20.9 Å². The second-order valence-corrected chi connectivity index (χ2v) is 6.82. The standard InChI is InChI=1S/C17H14F3N3O2S/c1-22(9-14-21-12-4-2-3-5-13(12)26-14)16(25)10-23-8-11(17(18,19)20)6-7-15(23)24/h2-8H,9-10H2,1H3. The molecule has 0 aliphatic rings. The average molecular weight is 381 g/mol. The van der Waals surface area contributed by atoms with E-state index >= 15 is 0 Å². The van der Waals surface area contributed by atoms with Crippen LogP contribution < -0.4 is 5.56 Å². The van der Waals surface area contributed by atoms with E-state index in [4.69, 9.17) is 0 Å². The molecule has 0 unspecified atom stereocenters. The molecule has 0 saturated heterocycles. The zero-order chi connectivity index (χ0) is 18.9. The van der Waals surface area contributed by atoms with Gasteiger partial charge in [0, 0.05) is 19.3 Å². The van der Waals surface area contributed by atoms with Crippen molar-refractivity contribution in [2.45, 2.75) is 19.3 Å². The van der Waals surface area contributed by atoms with Crippen LogP contribution in [0.3, 0.4) is 0 Å². The number of para-hydroxylation sites is 1. The largest absolute Gasteiger partial charge is 0.417 e. The normalized spacial score (nSPS) is 11.7. The van der Waals surface area contributed by atoms with Crippen LogP contribution in [0.2, 0.25) is 0 Å². The Hall–Kier alpha value is -2.68. The maximum absolute atomic E-state index is 12.8. The van der Waals surface area contributed by atoms with Crippen LogP contribution in [0.5, 0.6) is 0 Å². The second-order valence-electron chi connectivity index (χ2n) is 5.71. The van der Waals surface area contributed by atoms with E-state index < -0.39 is 29.8 Å². The predicted molar refractivity (Wildman–Crippen MR) is 91.8 cm³/mol. The molecule has 0 saturated carbocycles. The third-order valence-corrected chi connectivity index (χ3v) is 4.77. The molecule has 0 aliphatic heterocycles. The summed E-state index contributed by atoms with van der Waals surface area (Å²) in [6.07, 6.45) is -3.92. The van der Waals surface area contributed by atoms with Crippen molar-refractivity contribution in [3.8, 4) is 0 Å². The lowest BCUT2D eigenvalue weighted by molar-refractivity contribution is -0.138. The van der Waals surface area contributed by atoms with Crippen LogP contribution in [-0.4, -0.2) is 27.4 Å². The van der Waals surface area contributed by atoms with E-state index in [0.29, 0.717) is 17.3 Å². The number of halogens is 3. The van der Waals surface area contributed by atoms with E-state index in [-0.39, 0.29) is 6.54 Å². The Morgan fingerprint density at radius 2 is 1.96 bits per heavy atom. The van der Waals surface area contributed by atoms with Gasteiger partial charge >= 0.3 is 6.18 Å². The molecule has 0 spiro atoms. The number of alkyl halides is 3. The third kappa shape index (κ3) is 3.93. The molecule has 9 heteroatoms. The Bertz CT molecular complexity index is 977. The zero-order valence-electron chi connectivity index (χ0n) is 13.7. The van der Waals surface area contributed by atoms with Crippen molar-refractivity contribution in [3.63, 3.8) is 0 Å². The number of pyridine rings is 1. The Labute approximate surface area is 150 Å². The van der Waals surface area contributed by atoms with Gasteiger partial charge in [-0.1, -0.05) is 12.1 Å². The first-order valence-corrected chi connectivity index (χ1v) is 8.42. The van der Waals surface area contributed by atoms with E-state index in [1.54, 1.807) is 0 Å². The van der Waals surface area contributed by atoms with Gasteiger partial charge in [0.2, 0.25) is 5.91 Å². The van der Waals surface area contributed by atoms with Gasteiger partial charge in [-0.25, -0.2) is 4.98 Å². The van der Waals surface area contributed by atoms with Crippen LogP contribution in [0.1, 0.15) is 10.6 Å². The van der Waals surface area contributed by atoms with Gasteiger partial charge in [-0.15, -0.1) is 11.3 Å². The van der Waals surface area contributed by atoms with Crippen molar-refractivity contribution >= 4 is 27.5 Å². The lowest BCUT2D eigenvalue weighted by atomic mass is 10.2. The number of hydrogen-bond acceptors (Lipinski definition) is 4. The maximum atomic E-state index is 12.8. The molecule has 0 bridgehead atoms. The number of likely N-dealkylation sites (N-methyl/N-ethyl adjacent to an activating group) is 1. The molecule has 0 fully saturated rings. The van der Waals surface area contributed by atoms with Crippen molar-refractivity contribution < 1.29 is 18.0 Å². The molecule has 3 rings (SSSR count). The average Bonchev–Trinajstić information content (AvgIpc) is 2.97. The quantitative estimate of drug-likeness (QED) is 0.698. The van der Waals surface area contributed by atoms with E-state index in [1.165, 1.54) is 23.3 Å². The van der Waals surface area contributed by atoms with Crippen LogP contribution in [0.25, 0.3) is 10.2 Å². The summed E-state index contributed by atoms with van der Waals surface area (Å²) in [5.41, 5.74) is -0.819. The van der Waals surface area contributed by atoms with Gasteiger partial charge in [0.25, 0.3) is 5.56 Å².